The average Bonchev–Trinajstić information content (AvgIpc) is 2.79. The van der Waals surface area contributed by atoms with Crippen molar-refractivity contribution < 1.29 is 4.74 Å². The number of benzene rings is 1. The summed E-state index contributed by atoms with van der Waals surface area (Å²) >= 11 is 0. The van der Waals surface area contributed by atoms with E-state index in [-0.39, 0.29) is 0 Å². The van der Waals surface area contributed by atoms with Gasteiger partial charge in [0.05, 0.1) is 0 Å². The summed E-state index contributed by atoms with van der Waals surface area (Å²) in [5.41, 5.74) is 2.86. The van der Waals surface area contributed by atoms with Crippen LogP contribution in [0.1, 0.15) is 24.8 Å². The van der Waals surface area contributed by atoms with E-state index in [1.54, 1.807) is 0 Å². The van der Waals surface area contributed by atoms with Gasteiger partial charge in [0, 0.05) is 44.6 Å². The number of hydrogen-bond acceptors (Lipinski definition) is 3. The van der Waals surface area contributed by atoms with Crippen molar-refractivity contribution in [1.29, 1.82) is 0 Å². The van der Waals surface area contributed by atoms with Crippen LogP contribution in [-0.4, -0.2) is 32.3 Å². The first-order chi connectivity index (χ1) is 8.95. The van der Waals surface area contributed by atoms with Crippen molar-refractivity contribution >= 4 is 5.69 Å². The fourth-order valence-electron chi connectivity index (χ4n) is 3.06. The Morgan fingerprint density at radius 1 is 1.17 bits per heavy atom. The molecule has 2 heterocycles. The predicted molar refractivity (Wildman–Crippen MR) is 74.0 cm³/mol. The normalized spacial score (nSPS) is 25.1. The van der Waals surface area contributed by atoms with Crippen molar-refractivity contribution in [1.82, 2.24) is 5.32 Å². The second kappa shape index (κ2) is 5.72. The molecule has 98 valence electrons. The molecule has 1 aromatic carbocycles. The summed E-state index contributed by atoms with van der Waals surface area (Å²) in [5.74, 6) is 0. The molecule has 0 saturated carbocycles. The largest absolute Gasteiger partial charge is 0.381 e. The maximum Gasteiger partial charge on any atom is 0.0485 e. The molecule has 1 unspecified atom stereocenters. The van der Waals surface area contributed by atoms with Gasteiger partial charge in [-0.15, -0.1) is 0 Å². The van der Waals surface area contributed by atoms with Gasteiger partial charge >= 0.3 is 0 Å². The maximum absolute atomic E-state index is 5.59. The van der Waals surface area contributed by atoms with E-state index >= 15 is 0 Å². The topological polar surface area (TPSA) is 24.5 Å². The smallest absolute Gasteiger partial charge is 0.0485 e. The van der Waals surface area contributed by atoms with E-state index in [0.29, 0.717) is 6.04 Å². The van der Waals surface area contributed by atoms with Crippen LogP contribution in [0.4, 0.5) is 5.69 Å². The summed E-state index contributed by atoms with van der Waals surface area (Å²) < 4.78 is 5.59. The molecule has 3 rings (SSSR count). The van der Waals surface area contributed by atoms with Crippen molar-refractivity contribution in [2.75, 3.05) is 31.2 Å². The lowest BCUT2D eigenvalue weighted by Gasteiger charge is -2.33. The fraction of sp³-hybridized carbons (Fsp3) is 0.600. The van der Waals surface area contributed by atoms with Crippen LogP contribution in [0.2, 0.25) is 0 Å². The van der Waals surface area contributed by atoms with Crippen LogP contribution < -0.4 is 10.2 Å². The van der Waals surface area contributed by atoms with Crippen molar-refractivity contribution in [2.45, 2.75) is 31.8 Å². The van der Waals surface area contributed by atoms with Crippen LogP contribution in [0.3, 0.4) is 0 Å². The molecule has 0 aliphatic carbocycles. The molecule has 0 radical (unpaired) electrons. The zero-order valence-electron chi connectivity index (χ0n) is 10.9. The van der Waals surface area contributed by atoms with Gasteiger partial charge in [-0.1, -0.05) is 18.2 Å². The van der Waals surface area contributed by atoms with Gasteiger partial charge in [0.2, 0.25) is 0 Å². The fourth-order valence-corrected chi connectivity index (χ4v) is 3.06. The van der Waals surface area contributed by atoms with Crippen LogP contribution in [0.25, 0.3) is 0 Å². The predicted octanol–water partition coefficient (Wildman–Crippen LogP) is 2.17. The first-order valence-corrected chi connectivity index (χ1v) is 7.08. The molecule has 1 atom stereocenters. The van der Waals surface area contributed by atoms with Gasteiger partial charge in [-0.3, -0.25) is 0 Å². The number of para-hydroxylation sites is 1. The number of rotatable bonds is 1. The van der Waals surface area contributed by atoms with Crippen LogP contribution >= 0.6 is 0 Å². The molecule has 2 aliphatic rings. The van der Waals surface area contributed by atoms with Gasteiger partial charge < -0.3 is 15.0 Å². The van der Waals surface area contributed by atoms with E-state index in [1.807, 2.05) is 0 Å². The molecule has 3 heteroatoms. The zero-order chi connectivity index (χ0) is 12.2. The maximum atomic E-state index is 5.59. The highest BCUT2D eigenvalue weighted by atomic mass is 16.5. The number of fused-ring (bicyclic) bond motifs is 1. The second-order valence-corrected chi connectivity index (χ2v) is 5.20. The van der Waals surface area contributed by atoms with E-state index in [4.69, 9.17) is 4.74 Å². The molecule has 2 aliphatic heterocycles. The molecule has 3 nitrogen and oxygen atoms in total. The Morgan fingerprint density at radius 2 is 2.11 bits per heavy atom. The molecule has 0 aromatic heterocycles. The lowest BCUT2D eigenvalue weighted by Crippen LogP contribution is -2.38. The highest BCUT2D eigenvalue weighted by Gasteiger charge is 2.23. The Morgan fingerprint density at radius 3 is 3.11 bits per heavy atom. The van der Waals surface area contributed by atoms with E-state index < -0.39 is 0 Å². The van der Waals surface area contributed by atoms with Gasteiger partial charge in [-0.2, -0.15) is 0 Å². The molecule has 0 bridgehead atoms. The summed E-state index contributed by atoms with van der Waals surface area (Å²) in [4.78, 5) is 2.60. The Labute approximate surface area is 109 Å². The summed E-state index contributed by atoms with van der Waals surface area (Å²) in [6.07, 6.45) is 3.61. The van der Waals surface area contributed by atoms with Gasteiger partial charge in [0.25, 0.3) is 0 Å². The van der Waals surface area contributed by atoms with Gasteiger partial charge in [0.15, 0.2) is 0 Å². The SMILES string of the molecule is c1ccc2c(c1)CNCCN2C1CCCOCC1. The molecular formula is C15H22N2O. The lowest BCUT2D eigenvalue weighted by molar-refractivity contribution is 0.143. The molecule has 1 saturated heterocycles. The molecule has 18 heavy (non-hydrogen) atoms. The van der Waals surface area contributed by atoms with Crippen molar-refractivity contribution in [3.63, 3.8) is 0 Å². The third-order valence-electron chi connectivity index (χ3n) is 4.01. The van der Waals surface area contributed by atoms with E-state index in [1.165, 1.54) is 24.1 Å². The summed E-state index contributed by atoms with van der Waals surface area (Å²) in [5, 5.41) is 3.52. The van der Waals surface area contributed by atoms with Crippen LogP contribution in [0.5, 0.6) is 0 Å². The minimum absolute atomic E-state index is 0.647. The van der Waals surface area contributed by atoms with Crippen LogP contribution in [-0.2, 0) is 11.3 Å². The standard InChI is InChI=1S/C15H22N2O/c1-2-6-15-13(4-1)12-16-8-9-17(15)14-5-3-10-18-11-7-14/h1-2,4,6,14,16H,3,5,7-12H2. The monoisotopic (exact) mass is 246 g/mol. The van der Waals surface area contributed by atoms with Gasteiger partial charge in [-0.25, -0.2) is 0 Å². The average molecular weight is 246 g/mol. The van der Waals surface area contributed by atoms with Crippen LogP contribution in [0, 0.1) is 0 Å². The molecule has 0 amide bonds. The molecule has 1 aromatic rings. The number of nitrogens with zero attached hydrogens (tertiary/aromatic N) is 1. The van der Waals surface area contributed by atoms with E-state index in [2.05, 4.69) is 34.5 Å². The van der Waals surface area contributed by atoms with Crippen molar-refractivity contribution in [2.24, 2.45) is 0 Å². The lowest BCUT2D eigenvalue weighted by atomic mass is 10.0. The zero-order valence-corrected chi connectivity index (χ0v) is 10.9. The summed E-state index contributed by atoms with van der Waals surface area (Å²) in [6.45, 7) is 5.03. The quantitative estimate of drug-likeness (QED) is 0.822. The van der Waals surface area contributed by atoms with E-state index in [0.717, 1.165) is 39.3 Å². The highest BCUT2D eigenvalue weighted by molar-refractivity contribution is 5.55. The van der Waals surface area contributed by atoms with Crippen LogP contribution in [0.15, 0.2) is 24.3 Å². The minimum atomic E-state index is 0.647. The molecule has 1 N–H and O–H groups in total. The minimum Gasteiger partial charge on any atom is -0.381 e. The Hall–Kier alpha value is -1.06. The Kier molecular flexibility index (Phi) is 3.81. The Bertz CT molecular complexity index is 386. The number of hydrogen-bond donors (Lipinski definition) is 1. The van der Waals surface area contributed by atoms with Crippen molar-refractivity contribution in [3.05, 3.63) is 29.8 Å². The molecule has 1 fully saturated rings. The van der Waals surface area contributed by atoms with Gasteiger partial charge in [-0.05, 0) is 30.9 Å². The third-order valence-corrected chi connectivity index (χ3v) is 4.01. The van der Waals surface area contributed by atoms with Crippen molar-refractivity contribution in [3.8, 4) is 0 Å². The first kappa shape index (κ1) is 12.0. The number of ether oxygens (including phenoxy) is 1. The number of anilines is 1. The first-order valence-electron chi connectivity index (χ1n) is 7.08. The second-order valence-electron chi connectivity index (χ2n) is 5.20. The van der Waals surface area contributed by atoms with Gasteiger partial charge in [0.1, 0.15) is 0 Å². The highest BCUT2D eigenvalue weighted by Crippen LogP contribution is 2.27. The van der Waals surface area contributed by atoms with E-state index in [9.17, 15) is 0 Å². The molecule has 0 spiro atoms. The number of nitrogens with one attached hydrogen (secondary N) is 1. The summed E-state index contributed by atoms with van der Waals surface area (Å²) in [7, 11) is 0. The summed E-state index contributed by atoms with van der Waals surface area (Å²) in [6, 6.07) is 9.46. The third kappa shape index (κ3) is 2.52. The molecular weight excluding hydrogens is 224 g/mol. The Balaban J connectivity index is 1.86.